The van der Waals surface area contributed by atoms with Gasteiger partial charge in [0.2, 0.25) is 0 Å². The van der Waals surface area contributed by atoms with Gasteiger partial charge in [-0.05, 0) is 55.5 Å². The van der Waals surface area contributed by atoms with Crippen molar-refractivity contribution in [2.75, 3.05) is 18.1 Å². The number of nitrogens with one attached hydrogen (secondary N) is 1. The lowest BCUT2D eigenvalue weighted by Crippen LogP contribution is -2.17. The molecule has 0 unspecified atom stereocenters. The minimum Gasteiger partial charge on any atom is -0.494 e. The van der Waals surface area contributed by atoms with E-state index in [0.29, 0.717) is 29.2 Å². The van der Waals surface area contributed by atoms with E-state index < -0.39 is 21.8 Å². The first-order valence-corrected chi connectivity index (χ1v) is 11.9. The maximum absolute atomic E-state index is 13.9. The van der Waals surface area contributed by atoms with Crippen molar-refractivity contribution in [3.8, 4) is 11.5 Å². The van der Waals surface area contributed by atoms with E-state index in [0.717, 1.165) is 0 Å². The lowest BCUT2D eigenvalue weighted by Gasteiger charge is -2.21. The fourth-order valence-electron chi connectivity index (χ4n) is 3.42. The third-order valence-corrected chi connectivity index (χ3v) is 6.33. The van der Waals surface area contributed by atoms with Crippen molar-refractivity contribution in [3.05, 3.63) is 83.2 Å². The Balaban J connectivity index is 1.51. The van der Waals surface area contributed by atoms with E-state index >= 15 is 0 Å². The Morgan fingerprint density at radius 1 is 1.12 bits per heavy atom. The van der Waals surface area contributed by atoms with Crippen LogP contribution in [0.15, 0.2) is 65.6 Å². The Bertz CT molecular complexity index is 1290. The molecular formula is C24H22FNO7S. The molecule has 1 aliphatic heterocycles. The molecule has 0 atom stereocenters. The average Bonchev–Trinajstić information content (AvgIpc) is 2.83. The number of fused-ring (bicyclic) bond motifs is 1. The maximum atomic E-state index is 13.9. The second-order valence-corrected chi connectivity index (χ2v) is 8.98. The predicted octanol–water partition coefficient (Wildman–Crippen LogP) is 4.25. The zero-order valence-corrected chi connectivity index (χ0v) is 19.1. The Morgan fingerprint density at radius 3 is 2.65 bits per heavy atom. The molecule has 8 nitrogen and oxygen atoms in total. The number of esters is 1. The van der Waals surface area contributed by atoms with Crippen LogP contribution in [0.3, 0.4) is 0 Å². The number of hydrogen-bond donors (Lipinski definition) is 1. The van der Waals surface area contributed by atoms with E-state index in [1.165, 1.54) is 36.4 Å². The number of hydrogen-bond acceptors (Lipinski definition) is 7. The van der Waals surface area contributed by atoms with Gasteiger partial charge in [-0.2, -0.15) is 0 Å². The first-order valence-electron chi connectivity index (χ1n) is 10.4. The Morgan fingerprint density at radius 2 is 1.88 bits per heavy atom. The van der Waals surface area contributed by atoms with Crippen molar-refractivity contribution in [1.29, 1.82) is 0 Å². The lowest BCUT2D eigenvalue weighted by atomic mass is 10.1. The first kappa shape index (κ1) is 23.5. The fourth-order valence-corrected chi connectivity index (χ4v) is 4.50. The number of benzene rings is 3. The zero-order valence-electron chi connectivity index (χ0n) is 18.2. The average molecular weight is 488 g/mol. The molecule has 4 rings (SSSR count). The Kier molecular flexibility index (Phi) is 6.99. The van der Waals surface area contributed by atoms with Crippen molar-refractivity contribution in [1.82, 2.24) is 0 Å². The molecule has 10 heteroatoms. The van der Waals surface area contributed by atoms with E-state index in [4.69, 9.17) is 18.9 Å². The van der Waals surface area contributed by atoms with Crippen LogP contribution in [0.2, 0.25) is 0 Å². The van der Waals surface area contributed by atoms with Gasteiger partial charge in [0.25, 0.3) is 10.0 Å². The van der Waals surface area contributed by atoms with Crippen molar-refractivity contribution in [2.45, 2.75) is 25.0 Å². The maximum Gasteiger partial charge on any atom is 0.340 e. The van der Waals surface area contributed by atoms with Gasteiger partial charge in [0.1, 0.15) is 23.9 Å². The Labute approximate surface area is 196 Å². The molecule has 3 aromatic rings. The summed E-state index contributed by atoms with van der Waals surface area (Å²) in [6, 6.07) is 14.5. The van der Waals surface area contributed by atoms with Crippen LogP contribution in [0.25, 0.3) is 0 Å². The highest BCUT2D eigenvalue weighted by Crippen LogP contribution is 2.30. The third-order valence-electron chi connectivity index (χ3n) is 4.95. The Hall–Kier alpha value is -3.63. The number of rotatable bonds is 8. The summed E-state index contributed by atoms with van der Waals surface area (Å²) in [6.07, 6.45) is 0. The number of sulfonamides is 1. The minimum atomic E-state index is -3.98. The molecule has 0 fully saturated rings. The van der Waals surface area contributed by atoms with Crippen molar-refractivity contribution in [3.63, 3.8) is 0 Å². The van der Waals surface area contributed by atoms with Gasteiger partial charge >= 0.3 is 5.97 Å². The molecule has 0 aliphatic carbocycles. The first-order chi connectivity index (χ1) is 16.4. The van der Waals surface area contributed by atoms with Gasteiger partial charge < -0.3 is 18.9 Å². The van der Waals surface area contributed by atoms with E-state index in [9.17, 15) is 17.6 Å². The molecule has 0 amide bonds. The number of para-hydroxylation sites is 1. The van der Waals surface area contributed by atoms with Crippen LogP contribution in [0, 0.1) is 5.82 Å². The predicted molar refractivity (Wildman–Crippen MR) is 121 cm³/mol. The molecule has 3 aromatic carbocycles. The molecule has 1 aliphatic rings. The second kappa shape index (κ2) is 10.1. The van der Waals surface area contributed by atoms with E-state index in [1.54, 1.807) is 24.3 Å². The van der Waals surface area contributed by atoms with Crippen molar-refractivity contribution < 1.29 is 36.6 Å². The quantitative estimate of drug-likeness (QED) is 0.474. The van der Waals surface area contributed by atoms with Crippen LogP contribution in [0.5, 0.6) is 11.5 Å². The molecule has 1 N–H and O–H groups in total. The van der Waals surface area contributed by atoms with Crippen LogP contribution in [0.4, 0.5) is 10.1 Å². The van der Waals surface area contributed by atoms with Crippen LogP contribution < -0.4 is 14.2 Å². The molecule has 0 radical (unpaired) electrons. The van der Waals surface area contributed by atoms with E-state index in [1.807, 2.05) is 6.92 Å². The van der Waals surface area contributed by atoms with Crippen LogP contribution in [-0.4, -0.2) is 27.8 Å². The van der Waals surface area contributed by atoms with Gasteiger partial charge in [-0.25, -0.2) is 17.6 Å². The highest BCUT2D eigenvalue weighted by atomic mass is 32.2. The standard InChI is InChI=1S/C24H22FNO7S/c1-2-31-19-7-9-20(10-8-19)34(28,29)26-22-6-4-3-5-21(22)24(27)32-14-17-12-18(25)11-16-13-30-15-33-23(16)17/h3-12,26H,2,13-15H2,1H3. The van der Waals surface area contributed by atoms with Gasteiger partial charge in [0, 0.05) is 11.1 Å². The number of anilines is 1. The second-order valence-electron chi connectivity index (χ2n) is 7.30. The molecule has 0 saturated carbocycles. The third kappa shape index (κ3) is 5.29. The monoisotopic (exact) mass is 487 g/mol. The topological polar surface area (TPSA) is 100 Å². The number of ether oxygens (including phenoxy) is 4. The summed E-state index contributed by atoms with van der Waals surface area (Å²) in [5, 5.41) is 0. The summed E-state index contributed by atoms with van der Waals surface area (Å²) in [6.45, 7) is 2.21. The summed E-state index contributed by atoms with van der Waals surface area (Å²) in [5.41, 5.74) is 0.916. The van der Waals surface area contributed by atoms with Crippen molar-refractivity contribution in [2.24, 2.45) is 0 Å². The normalized spacial score (nSPS) is 12.9. The molecule has 0 saturated heterocycles. The molecule has 0 bridgehead atoms. The molecule has 0 aromatic heterocycles. The van der Waals surface area contributed by atoms with Crippen LogP contribution >= 0.6 is 0 Å². The largest absolute Gasteiger partial charge is 0.494 e. The van der Waals surface area contributed by atoms with Crippen molar-refractivity contribution >= 4 is 21.7 Å². The number of carbonyl (C=O) groups excluding carboxylic acids is 1. The highest BCUT2D eigenvalue weighted by molar-refractivity contribution is 7.92. The van der Waals surface area contributed by atoms with E-state index in [-0.39, 0.29) is 36.2 Å². The summed E-state index contributed by atoms with van der Waals surface area (Å²) >= 11 is 0. The summed E-state index contributed by atoms with van der Waals surface area (Å²) in [4.78, 5) is 12.8. The van der Waals surface area contributed by atoms with Gasteiger partial charge in [-0.15, -0.1) is 0 Å². The smallest absolute Gasteiger partial charge is 0.340 e. The van der Waals surface area contributed by atoms with E-state index in [2.05, 4.69) is 4.72 Å². The molecular weight excluding hydrogens is 465 g/mol. The highest BCUT2D eigenvalue weighted by Gasteiger charge is 2.22. The number of halogens is 1. The molecule has 178 valence electrons. The van der Waals surface area contributed by atoms with Gasteiger partial charge in [0.05, 0.1) is 29.4 Å². The van der Waals surface area contributed by atoms with Crippen LogP contribution in [0.1, 0.15) is 28.4 Å². The van der Waals surface area contributed by atoms with Crippen LogP contribution in [-0.2, 0) is 32.7 Å². The van der Waals surface area contributed by atoms with Gasteiger partial charge in [0.15, 0.2) is 6.79 Å². The SMILES string of the molecule is CCOc1ccc(S(=O)(=O)Nc2ccccc2C(=O)OCc2cc(F)cc3c2OCOC3)cc1. The lowest BCUT2D eigenvalue weighted by molar-refractivity contribution is -0.0182. The summed E-state index contributed by atoms with van der Waals surface area (Å²) in [7, 11) is -3.98. The summed E-state index contributed by atoms with van der Waals surface area (Å²) < 4.78 is 63.3. The zero-order chi connectivity index (χ0) is 24.1. The number of carbonyl (C=O) groups is 1. The fraction of sp³-hybridized carbons (Fsp3) is 0.208. The summed E-state index contributed by atoms with van der Waals surface area (Å²) in [5.74, 6) is -0.345. The molecule has 34 heavy (non-hydrogen) atoms. The minimum absolute atomic E-state index is 0.00452. The van der Waals surface area contributed by atoms with Gasteiger partial charge in [-0.3, -0.25) is 4.72 Å². The molecule has 0 spiro atoms. The van der Waals surface area contributed by atoms with Gasteiger partial charge in [-0.1, -0.05) is 12.1 Å². The molecule has 1 heterocycles.